The van der Waals surface area contributed by atoms with E-state index in [1.807, 2.05) is 6.07 Å². The Morgan fingerprint density at radius 1 is 1.53 bits per heavy atom. The highest BCUT2D eigenvalue weighted by atomic mass is 79.9. The molecule has 0 saturated heterocycles. The molecule has 0 amide bonds. The standard InChI is InChI=1S/C15H22BrFN2/c1-15(2)7-3-4-12(15)14(19-18)9-10-8-11(16)5-6-13(10)17/h5-6,8,12,14,19H,3-4,7,9,18H2,1-2H3. The van der Waals surface area contributed by atoms with Gasteiger partial charge in [-0.25, -0.2) is 4.39 Å². The summed E-state index contributed by atoms with van der Waals surface area (Å²) in [7, 11) is 0. The van der Waals surface area contributed by atoms with Crippen LogP contribution in [0.1, 0.15) is 38.7 Å². The second-order valence-electron chi connectivity index (χ2n) is 6.20. The zero-order valence-electron chi connectivity index (χ0n) is 11.5. The van der Waals surface area contributed by atoms with Crippen molar-refractivity contribution < 1.29 is 4.39 Å². The molecule has 1 aliphatic rings. The second kappa shape index (κ2) is 5.90. The van der Waals surface area contributed by atoms with Crippen LogP contribution in [0.3, 0.4) is 0 Å². The SMILES string of the molecule is CC1(C)CCCC1C(Cc1cc(Br)ccc1F)NN. The number of hydrogen-bond donors (Lipinski definition) is 2. The summed E-state index contributed by atoms with van der Waals surface area (Å²) in [5.74, 6) is 6.07. The van der Waals surface area contributed by atoms with E-state index in [0.717, 1.165) is 16.5 Å². The Morgan fingerprint density at radius 2 is 2.26 bits per heavy atom. The first-order valence-corrected chi connectivity index (χ1v) is 7.63. The van der Waals surface area contributed by atoms with Crippen LogP contribution in [0.2, 0.25) is 0 Å². The molecule has 0 spiro atoms. The first-order valence-electron chi connectivity index (χ1n) is 6.84. The molecular weight excluding hydrogens is 307 g/mol. The lowest BCUT2D eigenvalue weighted by Crippen LogP contribution is -2.46. The normalized spacial score (nSPS) is 23.5. The third-order valence-corrected chi connectivity index (χ3v) is 4.98. The van der Waals surface area contributed by atoms with E-state index in [4.69, 9.17) is 5.84 Å². The number of rotatable bonds is 4. The van der Waals surface area contributed by atoms with Gasteiger partial charge in [-0.1, -0.05) is 36.2 Å². The molecule has 106 valence electrons. The Kier molecular flexibility index (Phi) is 4.64. The minimum atomic E-state index is -0.153. The summed E-state index contributed by atoms with van der Waals surface area (Å²) in [6.45, 7) is 4.57. The van der Waals surface area contributed by atoms with E-state index >= 15 is 0 Å². The highest BCUT2D eigenvalue weighted by Crippen LogP contribution is 2.44. The predicted molar refractivity (Wildman–Crippen MR) is 80.0 cm³/mol. The molecule has 4 heteroatoms. The largest absolute Gasteiger partial charge is 0.271 e. The zero-order chi connectivity index (χ0) is 14.0. The Labute approximate surface area is 123 Å². The molecule has 3 N–H and O–H groups in total. The first-order chi connectivity index (χ1) is 8.94. The third-order valence-electron chi connectivity index (χ3n) is 4.49. The molecule has 1 aromatic carbocycles. The van der Waals surface area contributed by atoms with Crippen LogP contribution in [0.5, 0.6) is 0 Å². The van der Waals surface area contributed by atoms with Crippen molar-refractivity contribution >= 4 is 15.9 Å². The van der Waals surface area contributed by atoms with Crippen molar-refractivity contribution in [1.82, 2.24) is 5.43 Å². The number of benzene rings is 1. The molecule has 0 aromatic heterocycles. The van der Waals surface area contributed by atoms with Gasteiger partial charge in [0.1, 0.15) is 5.82 Å². The molecule has 0 aliphatic heterocycles. The van der Waals surface area contributed by atoms with E-state index < -0.39 is 0 Å². The zero-order valence-corrected chi connectivity index (χ0v) is 13.1. The fraction of sp³-hybridized carbons (Fsp3) is 0.600. The lowest BCUT2D eigenvalue weighted by Gasteiger charge is -2.34. The lowest BCUT2D eigenvalue weighted by atomic mass is 9.76. The summed E-state index contributed by atoms with van der Waals surface area (Å²) in [5, 5.41) is 0. The Morgan fingerprint density at radius 3 is 2.84 bits per heavy atom. The third kappa shape index (κ3) is 3.36. The monoisotopic (exact) mass is 328 g/mol. The minimum absolute atomic E-state index is 0.126. The van der Waals surface area contributed by atoms with Crippen LogP contribution in [0.15, 0.2) is 22.7 Å². The fourth-order valence-corrected chi connectivity index (χ4v) is 3.76. The van der Waals surface area contributed by atoms with Crippen molar-refractivity contribution in [2.45, 2.75) is 45.6 Å². The van der Waals surface area contributed by atoms with Gasteiger partial charge in [0.2, 0.25) is 0 Å². The van der Waals surface area contributed by atoms with Gasteiger partial charge in [0.25, 0.3) is 0 Å². The number of nitrogens with one attached hydrogen (secondary N) is 1. The lowest BCUT2D eigenvalue weighted by molar-refractivity contribution is 0.195. The van der Waals surface area contributed by atoms with Crippen molar-refractivity contribution in [3.05, 3.63) is 34.1 Å². The van der Waals surface area contributed by atoms with Gasteiger partial charge in [0, 0.05) is 10.5 Å². The molecule has 2 nitrogen and oxygen atoms in total. The topological polar surface area (TPSA) is 38.0 Å². The van der Waals surface area contributed by atoms with Crippen molar-refractivity contribution in [1.29, 1.82) is 0 Å². The van der Waals surface area contributed by atoms with E-state index in [2.05, 4.69) is 35.2 Å². The molecule has 2 unspecified atom stereocenters. The van der Waals surface area contributed by atoms with Crippen LogP contribution in [-0.4, -0.2) is 6.04 Å². The van der Waals surface area contributed by atoms with Gasteiger partial charge >= 0.3 is 0 Å². The maximum atomic E-state index is 13.9. The quantitative estimate of drug-likeness (QED) is 0.651. The first kappa shape index (κ1) is 14.9. The average Bonchev–Trinajstić information content (AvgIpc) is 2.70. The van der Waals surface area contributed by atoms with Crippen LogP contribution < -0.4 is 11.3 Å². The molecule has 1 saturated carbocycles. The van der Waals surface area contributed by atoms with Crippen LogP contribution in [0.25, 0.3) is 0 Å². The van der Waals surface area contributed by atoms with Gasteiger partial charge in [-0.2, -0.15) is 0 Å². The van der Waals surface area contributed by atoms with Crippen molar-refractivity contribution in [2.75, 3.05) is 0 Å². The number of hydrazine groups is 1. The van der Waals surface area contributed by atoms with Crippen LogP contribution in [-0.2, 0) is 6.42 Å². The summed E-state index contributed by atoms with van der Waals surface area (Å²) in [5.41, 5.74) is 3.91. The fourth-order valence-electron chi connectivity index (χ4n) is 3.35. The molecule has 2 rings (SSSR count). The van der Waals surface area contributed by atoms with E-state index in [0.29, 0.717) is 12.3 Å². The van der Waals surface area contributed by atoms with Crippen molar-refractivity contribution in [2.24, 2.45) is 17.2 Å². The van der Waals surface area contributed by atoms with Gasteiger partial charge in [-0.05, 0) is 54.4 Å². The maximum Gasteiger partial charge on any atom is 0.126 e. The minimum Gasteiger partial charge on any atom is -0.271 e. The summed E-state index contributed by atoms with van der Waals surface area (Å²) in [4.78, 5) is 0. The summed E-state index contributed by atoms with van der Waals surface area (Å²) in [6, 6.07) is 5.21. The van der Waals surface area contributed by atoms with Crippen molar-refractivity contribution in [3.63, 3.8) is 0 Å². The maximum absolute atomic E-state index is 13.9. The second-order valence-corrected chi connectivity index (χ2v) is 7.12. The molecule has 2 atom stereocenters. The highest BCUT2D eigenvalue weighted by Gasteiger charge is 2.39. The Balaban J connectivity index is 2.17. The van der Waals surface area contributed by atoms with Gasteiger partial charge in [0.15, 0.2) is 0 Å². The molecule has 0 radical (unpaired) electrons. The predicted octanol–water partition coefficient (Wildman–Crippen LogP) is 3.79. The number of nitrogens with two attached hydrogens (primary N) is 1. The molecule has 0 heterocycles. The Hall–Kier alpha value is -0.450. The summed E-state index contributed by atoms with van der Waals surface area (Å²) < 4.78 is 14.8. The van der Waals surface area contributed by atoms with Gasteiger partial charge in [-0.3, -0.25) is 11.3 Å². The van der Waals surface area contributed by atoms with E-state index in [1.54, 1.807) is 6.07 Å². The van der Waals surface area contributed by atoms with Crippen LogP contribution in [0, 0.1) is 17.2 Å². The van der Waals surface area contributed by atoms with E-state index in [1.165, 1.54) is 18.9 Å². The average molecular weight is 329 g/mol. The summed E-state index contributed by atoms with van der Waals surface area (Å²) >= 11 is 3.40. The molecule has 1 aliphatic carbocycles. The molecule has 1 aromatic rings. The molecular formula is C15H22BrFN2. The van der Waals surface area contributed by atoms with E-state index in [9.17, 15) is 4.39 Å². The van der Waals surface area contributed by atoms with Crippen LogP contribution in [0.4, 0.5) is 4.39 Å². The van der Waals surface area contributed by atoms with Crippen LogP contribution >= 0.6 is 15.9 Å². The van der Waals surface area contributed by atoms with Gasteiger partial charge in [0.05, 0.1) is 0 Å². The highest BCUT2D eigenvalue weighted by molar-refractivity contribution is 9.10. The molecule has 1 fully saturated rings. The smallest absolute Gasteiger partial charge is 0.126 e. The Bertz CT molecular complexity index is 448. The number of hydrogen-bond acceptors (Lipinski definition) is 2. The van der Waals surface area contributed by atoms with Gasteiger partial charge in [-0.15, -0.1) is 0 Å². The van der Waals surface area contributed by atoms with Gasteiger partial charge < -0.3 is 0 Å². The van der Waals surface area contributed by atoms with Crippen molar-refractivity contribution in [3.8, 4) is 0 Å². The number of halogens is 2. The summed E-state index contributed by atoms with van der Waals surface area (Å²) in [6.07, 6.45) is 4.25. The van der Waals surface area contributed by atoms with E-state index in [-0.39, 0.29) is 17.3 Å². The molecule has 0 bridgehead atoms. The molecule has 19 heavy (non-hydrogen) atoms.